The lowest BCUT2D eigenvalue weighted by Crippen LogP contribution is -2.19. The first-order valence-electron chi connectivity index (χ1n) is 12.3. The average Bonchev–Trinajstić information content (AvgIpc) is 2.60. The molecular weight excluding hydrogens is 442 g/mol. The van der Waals surface area contributed by atoms with Crippen LogP contribution in [0.15, 0.2) is 24.3 Å². The van der Waals surface area contributed by atoms with Gasteiger partial charge in [-0.25, -0.2) is 0 Å². The minimum Gasteiger partial charge on any atom is -0.414 e. The van der Waals surface area contributed by atoms with Gasteiger partial charge in [-0.2, -0.15) is 0 Å². The van der Waals surface area contributed by atoms with Gasteiger partial charge in [0, 0.05) is 11.1 Å². The highest BCUT2D eigenvalue weighted by Crippen LogP contribution is 2.50. The van der Waals surface area contributed by atoms with Crippen molar-refractivity contribution in [3.63, 3.8) is 0 Å². The van der Waals surface area contributed by atoms with E-state index in [-0.39, 0.29) is 21.7 Å². The van der Waals surface area contributed by atoms with Gasteiger partial charge in [-0.15, -0.1) is 4.20 Å². The fourth-order valence-corrected chi connectivity index (χ4v) is 4.74. The van der Waals surface area contributed by atoms with E-state index in [1.165, 1.54) is 11.1 Å². The molecule has 0 aliphatic heterocycles. The maximum atomic E-state index is 15.6. The van der Waals surface area contributed by atoms with Crippen molar-refractivity contribution in [1.29, 1.82) is 0 Å². The summed E-state index contributed by atoms with van der Waals surface area (Å²) in [6, 6.07) is 8.54. The van der Waals surface area contributed by atoms with E-state index >= 15 is 4.20 Å². The van der Waals surface area contributed by atoms with Crippen LogP contribution >= 0.6 is 8.69 Å². The van der Waals surface area contributed by atoms with Crippen molar-refractivity contribution in [2.75, 3.05) is 0 Å². The maximum absolute atomic E-state index is 15.6. The number of hydrogen-bond acceptors (Lipinski definition) is 2. The minimum atomic E-state index is -2.67. The summed E-state index contributed by atoms with van der Waals surface area (Å²) in [5.41, 5.74) is 5.90. The van der Waals surface area contributed by atoms with Crippen LogP contribution in [0, 0.1) is 13.8 Å². The van der Waals surface area contributed by atoms with Gasteiger partial charge in [0.1, 0.15) is 11.5 Å². The zero-order valence-electron chi connectivity index (χ0n) is 24.0. The average molecular weight is 489 g/mol. The summed E-state index contributed by atoms with van der Waals surface area (Å²) >= 11 is 0. The SMILES string of the molecule is Cc1cc(C(C)(C)C)cc(C(C)(C)C)c1OP(F)Oc1c(C)cc(C(C)(C)C)cc1C(C)(C)C. The Labute approximate surface area is 209 Å². The van der Waals surface area contributed by atoms with Crippen LogP contribution in [0.4, 0.5) is 4.20 Å². The Morgan fingerprint density at radius 3 is 1.06 bits per heavy atom. The van der Waals surface area contributed by atoms with Crippen LogP contribution in [0.25, 0.3) is 0 Å². The third-order valence-electron chi connectivity index (χ3n) is 6.22. The van der Waals surface area contributed by atoms with Gasteiger partial charge >= 0.3 is 8.69 Å². The Morgan fingerprint density at radius 1 is 0.529 bits per heavy atom. The monoisotopic (exact) mass is 488 g/mol. The molecule has 34 heavy (non-hydrogen) atoms. The molecule has 4 heteroatoms. The van der Waals surface area contributed by atoms with Crippen molar-refractivity contribution < 1.29 is 13.2 Å². The van der Waals surface area contributed by atoms with Crippen molar-refractivity contribution in [3.05, 3.63) is 57.6 Å². The van der Waals surface area contributed by atoms with Crippen molar-refractivity contribution in [2.45, 2.75) is 119 Å². The molecule has 0 unspecified atom stereocenters. The zero-order valence-corrected chi connectivity index (χ0v) is 24.8. The second kappa shape index (κ2) is 9.45. The highest BCUT2D eigenvalue weighted by atomic mass is 31.2. The predicted molar refractivity (Wildman–Crippen MR) is 146 cm³/mol. The Bertz CT molecular complexity index is 945. The molecule has 0 saturated carbocycles. The highest BCUT2D eigenvalue weighted by molar-refractivity contribution is 7.42. The lowest BCUT2D eigenvalue weighted by Gasteiger charge is -2.30. The van der Waals surface area contributed by atoms with Gasteiger partial charge in [0.05, 0.1) is 0 Å². The van der Waals surface area contributed by atoms with Gasteiger partial charge in [0.2, 0.25) is 0 Å². The smallest absolute Gasteiger partial charge is 0.414 e. The van der Waals surface area contributed by atoms with Gasteiger partial charge in [0.25, 0.3) is 0 Å². The van der Waals surface area contributed by atoms with Crippen LogP contribution < -0.4 is 9.05 Å². The molecule has 0 fully saturated rings. The normalized spacial score (nSPS) is 13.4. The van der Waals surface area contributed by atoms with Gasteiger partial charge < -0.3 is 9.05 Å². The van der Waals surface area contributed by atoms with E-state index in [1.54, 1.807) is 0 Å². The molecule has 0 spiro atoms. The molecule has 0 atom stereocenters. The van der Waals surface area contributed by atoms with E-state index in [9.17, 15) is 0 Å². The molecule has 0 radical (unpaired) electrons. The van der Waals surface area contributed by atoms with Crippen LogP contribution in [0.1, 0.15) is 116 Å². The van der Waals surface area contributed by atoms with E-state index in [4.69, 9.17) is 9.05 Å². The van der Waals surface area contributed by atoms with E-state index < -0.39 is 8.69 Å². The fraction of sp³-hybridized carbons (Fsp3) is 0.600. The molecule has 190 valence electrons. The standard InChI is InChI=1S/C30H46FO2P/c1-19-15-21(27(3,4)5)17-23(29(9,10)11)25(19)32-34(31)33-26-20(2)16-22(28(6,7)8)18-24(26)30(12,13)14/h15-18H,1-14H3. The molecule has 2 aromatic carbocycles. The molecule has 0 N–H and O–H groups in total. The second-order valence-corrected chi connectivity index (χ2v) is 14.5. The third-order valence-corrected chi connectivity index (χ3v) is 6.88. The summed E-state index contributed by atoms with van der Waals surface area (Å²) in [6.07, 6.45) is 0. The molecule has 0 aliphatic rings. The van der Waals surface area contributed by atoms with E-state index in [2.05, 4.69) is 107 Å². The Kier molecular flexibility index (Phi) is 7.96. The fourth-order valence-electron chi connectivity index (χ4n) is 3.93. The van der Waals surface area contributed by atoms with Crippen LogP contribution in [0.5, 0.6) is 11.5 Å². The topological polar surface area (TPSA) is 18.5 Å². The molecule has 2 nitrogen and oxygen atoms in total. The Balaban J connectivity index is 2.52. The molecule has 2 rings (SSSR count). The number of halogens is 1. The van der Waals surface area contributed by atoms with E-state index in [0.29, 0.717) is 11.5 Å². The van der Waals surface area contributed by atoms with Gasteiger partial charge in [0.15, 0.2) is 0 Å². The number of hydrogen-bond donors (Lipinski definition) is 0. The van der Waals surface area contributed by atoms with E-state index in [0.717, 1.165) is 22.3 Å². The van der Waals surface area contributed by atoms with Crippen LogP contribution in [-0.2, 0) is 21.7 Å². The van der Waals surface area contributed by atoms with Crippen molar-refractivity contribution in [3.8, 4) is 11.5 Å². The summed E-state index contributed by atoms with van der Waals surface area (Å²) in [4.78, 5) is 0. The largest absolute Gasteiger partial charge is 0.505 e. The predicted octanol–water partition coefficient (Wildman–Crippen LogP) is 10.1. The highest BCUT2D eigenvalue weighted by Gasteiger charge is 2.30. The zero-order chi connectivity index (χ0) is 26.4. The molecule has 2 aromatic rings. The number of aryl methyl sites for hydroxylation is 2. The van der Waals surface area contributed by atoms with Gasteiger partial charge in [-0.1, -0.05) is 107 Å². The minimum absolute atomic E-state index is 0.00619. The first-order valence-corrected chi connectivity index (χ1v) is 13.3. The van der Waals surface area contributed by atoms with Crippen LogP contribution in [0.3, 0.4) is 0 Å². The number of benzene rings is 2. The summed E-state index contributed by atoms with van der Waals surface area (Å²) in [5, 5.41) is 0. The lowest BCUT2D eigenvalue weighted by molar-refractivity contribution is 0.416. The molecule has 0 heterocycles. The quantitative estimate of drug-likeness (QED) is 0.399. The first kappa shape index (κ1) is 28.6. The van der Waals surface area contributed by atoms with Crippen molar-refractivity contribution in [1.82, 2.24) is 0 Å². The molecule has 0 amide bonds. The third kappa shape index (κ3) is 6.75. The molecular formula is C30H46FO2P. The second-order valence-electron chi connectivity index (χ2n) is 13.7. The maximum Gasteiger partial charge on any atom is 0.505 e. The lowest BCUT2D eigenvalue weighted by atomic mass is 9.79. The Hall–Kier alpha value is -1.60. The van der Waals surface area contributed by atoms with E-state index in [1.807, 2.05) is 13.8 Å². The summed E-state index contributed by atoms with van der Waals surface area (Å²) in [6.45, 7) is 29.9. The Morgan fingerprint density at radius 2 is 0.824 bits per heavy atom. The summed E-state index contributed by atoms with van der Waals surface area (Å²) in [7, 11) is -2.67. The van der Waals surface area contributed by atoms with Gasteiger partial charge in [-0.3, -0.25) is 0 Å². The summed E-state index contributed by atoms with van der Waals surface area (Å²) in [5.74, 6) is 1.19. The first-order chi connectivity index (χ1) is 15.1. The summed E-state index contributed by atoms with van der Waals surface area (Å²) < 4.78 is 27.5. The van der Waals surface area contributed by atoms with Crippen molar-refractivity contribution >= 4 is 8.69 Å². The molecule has 0 aliphatic carbocycles. The van der Waals surface area contributed by atoms with Crippen molar-refractivity contribution in [2.24, 2.45) is 0 Å². The molecule has 0 bridgehead atoms. The van der Waals surface area contributed by atoms with Gasteiger partial charge in [-0.05, 0) is 57.8 Å². The number of rotatable bonds is 4. The molecule has 0 saturated heterocycles. The molecule has 0 aromatic heterocycles. The van der Waals surface area contributed by atoms with Crippen LogP contribution in [-0.4, -0.2) is 0 Å². The van der Waals surface area contributed by atoms with Crippen LogP contribution in [0.2, 0.25) is 0 Å².